The third kappa shape index (κ3) is 3.93. The zero-order chi connectivity index (χ0) is 19.7. The predicted octanol–water partition coefficient (Wildman–Crippen LogP) is 4.59. The molecule has 1 aliphatic rings. The molecule has 1 aliphatic heterocycles. The lowest BCUT2D eigenvalue weighted by atomic mass is 9.98. The number of amides is 1. The lowest BCUT2D eigenvalue weighted by Crippen LogP contribution is -2.43. The number of nitrogens with zero attached hydrogens (tertiary/aromatic N) is 1. The average Bonchev–Trinajstić information content (AvgIpc) is 3.16. The summed E-state index contributed by atoms with van der Waals surface area (Å²) in [5.74, 6) is -0.528. The molecule has 146 valence electrons. The fraction of sp³-hybridized carbons (Fsp3) is 0.250. The standard InChI is InChI=1S/C20H19ClN2O3S2/c21-16-3-6-18(7-4-16)28(25,26)23-10-1-2-15(13-23)20(24)22-17-5-8-19-14(12-17)9-11-27-19/h3-9,11-12,15H,1-2,10,13H2,(H,22,24). The Kier molecular flexibility index (Phi) is 5.42. The summed E-state index contributed by atoms with van der Waals surface area (Å²) >= 11 is 7.51. The predicted molar refractivity (Wildman–Crippen MR) is 113 cm³/mol. The fourth-order valence-electron chi connectivity index (χ4n) is 3.42. The van der Waals surface area contributed by atoms with Crippen molar-refractivity contribution in [3.05, 3.63) is 58.9 Å². The highest BCUT2D eigenvalue weighted by Crippen LogP contribution is 2.27. The van der Waals surface area contributed by atoms with Crippen LogP contribution < -0.4 is 5.32 Å². The molecule has 3 aromatic rings. The van der Waals surface area contributed by atoms with Crippen molar-refractivity contribution >= 4 is 54.6 Å². The maximum absolute atomic E-state index is 12.9. The Morgan fingerprint density at radius 2 is 1.93 bits per heavy atom. The van der Waals surface area contributed by atoms with E-state index in [1.54, 1.807) is 23.5 Å². The second kappa shape index (κ2) is 7.83. The molecule has 1 aromatic heterocycles. The van der Waals surface area contributed by atoms with Crippen LogP contribution >= 0.6 is 22.9 Å². The van der Waals surface area contributed by atoms with Crippen molar-refractivity contribution in [3.8, 4) is 0 Å². The Labute approximate surface area is 173 Å². The fourth-order valence-corrected chi connectivity index (χ4v) is 5.84. The maximum atomic E-state index is 12.9. The second-order valence-corrected chi connectivity index (χ2v) is 10.1. The van der Waals surface area contributed by atoms with Crippen LogP contribution in [-0.4, -0.2) is 31.7 Å². The monoisotopic (exact) mass is 434 g/mol. The number of benzene rings is 2. The van der Waals surface area contributed by atoms with E-state index in [2.05, 4.69) is 5.32 Å². The van der Waals surface area contributed by atoms with Crippen molar-refractivity contribution < 1.29 is 13.2 Å². The molecule has 0 saturated carbocycles. The van der Waals surface area contributed by atoms with Gasteiger partial charge in [-0.2, -0.15) is 4.31 Å². The van der Waals surface area contributed by atoms with Gasteiger partial charge < -0.3 is 5.32 Å². The molecule has 1 atom stereocenters. The minimum atomic E-state index is -3.64. The topological polar surface area (TPSA) is 66.5 Å². The number of nitrogens with one attached hydrogen (secondary N) is 1. The molecule has 8 heteroatoms. The van der Waals surface area contributed by atoms with Gasteiger partial charge in [0.15, 0.2) is 0 Å². The van der Waals surface area contributed by atoms with Gasteiger partial charge >= 0.3 is 0 Å². The Hall–Kier alpha value is -1.93. The van der Waals surface area contributed by atoms with E-state index in [9.17, 15) is 13.2 Å². The third-order valence-electron chi connectivity index (χ3n) is 4.93. The number of carbonyl (C=O) groups is 1. The lowest BCUT2D eigenvalue weighted by molar-refractivity contribution is -0.120. The van der Waals surface area contributed by atoms with Gasteiger partial charge in [0.05, 0.1) is 10.8 Å². The Morgan fingerprint density at radius 1 is 1.14 bits per heavy atom. The molecule has 1 amide bonds. The zero-order valence-corrected chi connectivity index (χ0v) is 17.4. The van der Waals surface area contributed by atoms with Crippen LogP contribution in [0.3, 0.4) is 0 Å². The molecule has 0 aliphatic carbocycles. The van der Waals surface area contributed by atoms with Gasteiger partial charge in [0, 0.05) is 28.5 Å². The molecule has 28 heavy (non-hydrogen) atoms. The summed E-state index contributed by atoms with van der Waals surface area (Å²) in [4.78, 5) is 12.9. The van der Waals surface area contributed by atoms with E-state index in [0.717, 1.165) is 15.8 Å². The molecule has 0 bridgehead atoms. The Morgan fingerprint density at radius 3 is 2.71 bits per heavy atom. The van der Waals surface area contributed by atoms with Gasteiger partial charge in [-0.25, -0.2) is 8.42 Å². The number of hydrogen-bond acceptors (Lipinski definition) is 4. The number of anilines is 1. The molecule has 5 nitrogen and oxygen atoms in total. The molecule has 1 N–H and O–H groups in total. The average molecular weight is 435 g/mol. The lowest BCUT2D eigenvalue weighted by Gasteiger charge is -2.31. The molecule has 4 rings (SSSR count). The molecular formula is C20H19ClN2O3S2. The first-order chi connectivity index (χ1) is 13.4. The van der Waals surface area contributed by atoms with E-state index < -0.39 is 10.0 Å². The van der Waals surface area contributed by atoms with Gasteiger partial charge in [-0.15, -0.1) is 11.3 Å². The Balaban J connectivity index is 1.48. The summed E-state index contributed by atoms with van der Waals surface area (Å²) in [7, 11) is -3.64. The molecule has 0 radical (unpaired) electrons. The maximum Gasteiger partial charge on any atom is 0.243 e. The van der Waals surface area contributed by atoms with Crippen LogP contribution in [0.25, 0.3) is 10.1 Å². The van der Waals surface area contributed by atoms with Crippen molar-refractivity contribution in [1.82, 2.24) is 4.31 Å². The number of fused-ring (bicyclic) bond motifs is 1. The quantitative estimate of drug-likeness (QED) is 0.652. The van der Waals surface area contributed by atoms with Crippen molar-refractivity contribution in [3.63, 3.8) is 0 Å². The highest BCUT2D eigenvalue weighted by Gasteiger charge is 2.33. The van der Waals surface area contributed by atoms with Gasteiger partial charge in [0.2, 0.25) is 15.9 Å². The Bertz CT molecular complexity index is 1110. The number of piperidine rings is 1. The zero-order valence-electron chi connectivity index (χ0n) is 15.0. The van der Waals surface area contributed by atoms with E-state index in [-0.39, 0.29) is 23.3 Å². The van der Waals surface area contributed by atoms with E-state index >= 15 is 0 Å². The molecule has 1 saturated heterocycles. The highest BCUT2D eigenvalue weighted by molar-refractivity contribution is 7.89. The second-order valence-electron chi connectivity index (χ2n) is 6.82. The van der Waals surface area contributed by atoms with Crippen LogP contribution in [0.15, 0.2) is 58.8 Å². The van der Waals surface area contributed by atoms with Crippen molar-refractivity contribution in [2.75, 3.05) is 18.4 Å². The largest absolute Gasteiger partial charge is 0.326 e. The molecule has 1 unspecified atom stereocenters. The van der Waals surface area contributed by atoms with E-state index in [1.807, 2.05) is 29.6 Å². The highest BCUT2D eigenvalue weighted by atomic mass is 35.5. The van der Waals surface area contributed by atoms with E-state index in [0.29, 0.717) is 24.4 Å². The number of hydrogen-bond donors (Lipinski definition) is 1. The smallest absolute Gasteiger partial charge is 0.243 e. The normalized spacial score (nSPS) is 18.2. The van der Waals surface area contributed by atoms with Crippen molar-refractivity contribution in [2.24, 2.45) is 5.92 Å². The molecule has 0 spiro atoms. The van der Waals surface area contributed by atoms with Gasteiger partial charge in [-0.05, 0) is 72.1 Å². The number of carbonyl (C=O) groups excluding carboxylic acids is 1. The van der Waals surface area contributed by atoms with Crippen LogP contribution in [0.2, 0.25) is 5.02 Å². The van der Waals surface area contributed by atoms with Gasteiger partial charge in [-0.1, -0.05) is 11.6 Å². The number of sulfonamides is 1. The van der Waals surface area contributed by atoms with Crippen LogP contribution in [0.4, 0.5) is 5.69 Å². The summed E-state index contributed by atoms with van der Waals surface area (Å²) < 4.78 is 28.3. The minimum absolute atomic E-state index is 0.148. The minimum Gasteiger partial charge on any atom is -0.326 e. The first-order valence-electron chi connectivity index (χ1n) is 8.97. The van der Waals surface area contributed by atoms with Gasteiger partial charge in [0.1, 0.15) is 0 Å². The number of halogens is 1. The van der Waals surface area contributed by atoms with Crippen LogP contribution in [0, 0.1) is 5.92 Å². The SMILES string of the molecule is O=C(Nc1ccc2sccc2c1)C1CCCN(S(=O)(=O)c2ccc(Cl)cc2)C1. The molecule has 2 heterocycles. The van der Waals surface area contributed by atoms with Crippen LogP contribution in [-0.2, 0) is 14.8 Å². The number of rotatable bonds is 4. The summed E-state index contributed by atoms with van der Waals surface area (Å²) in [6.45, 7) is 0.590. The molecule has 1 fully saturated rings. The number of thiophene rings is 1. The summed E-state index contributed by atoms with van der Waals surface area (Å²) in [5, 5.41) is 6.52. The first-order valence-corrected chi connectivity index (χ1v) is 11.7. The van der Waals surface area contributed by atoms with Crippen LogP contribution in [0.5, 0.6) is 0 Å². The van der Waals surface area contributed by atoms with Crippen LogP contribution in [0.1, 0.15) is 12.8 Å². The summed E-state index contributed by atoms with van der Waals surface area (Å²) in [6, 6.07) is 13.9. The van der Waals surface area contributed by atoms with Gasteiger partial charge in [0.25, 0.3) is 0 Å². The molecular weight excluding hydrogens is 416 g/mol. The van der Waals surface area contributed by atoms with Crippen molar-refractivity contribution in [2.45, 2.75) is 17.7 Å². The molecule has 2 aromatic carbocycles. The summed E-state index contributed by atoms with van der Waals surface area (Å²) in [6.07, 6.45) is 1.31. The van der Waals surface area contributed by atoms with Gasteiger partial charge in [-0.3, -0.25) is 4.79 Å². The van der Waals surface area contributed by atoms with E-state index in [4.69, 9.17) is 11.6 Å². The van der Waals surface area contributed by atoms with Crippen molar-refractivity contribution in [1.29, 1.82) is 0 Å². The third-order valence-corrected chi connectivity index (χ3v) is 7.96. The summed E-state index contributed by atoms with van der Waals surface area (Å²) in [5.41, 5.74) is 0.730. The van der Waals surface area contributed by atoms with E-state index in [1.165, 1.54) is 16.4 Å². The first kappa shape index (κ1) is 19.4.